The first-order chi connectivity index (χ1) is 13.8. The summed E-state index contributed by atoms with van der Waals surface area (Å²) in [5, 5.41) is 6.71. The molecule has 28 heavy (non-hydrogen) atoms. The number of benzene rings is 1. The van der Waals surface area contributed by atoms with E-state index >= 15 is 0 Å². The molecule has 1 fully saturated rings. The molecule has 1 aliphatic heterocycles. The third-order valence-electron chi connectivity index (χ3n) is 4.65. The predicted molar refractivity (Wildman–Crippen MR) is 108 cm³/mol. The number of nitrogens with one attached hydrogen (secondary N) is 2. The maximum Gasteiger partial charge on any atom is 0.180 e. The van der Waals surface area contributed by atoms with Gasteiger partial charge in [-0.1, -0.05) is 0 Å². The highest BCUT2D eigenvalue weighted by atomic mass is 15.3. The summed E-state index contributed by atoms with van der Waals surface area (Å²) in [4.78, 5) is 19.8. The van der Waals surface area contributed by atoms with Crippen molar-refractivity contribution in [2.45, 2.75) is 0 Å². The number of nitrogens with zero attached hydrogens (tertiary/aromatic N) is 6. The molecule has 0 bridgehead atoms. The monoisotopic (exact) mass is 373 g/mol. The van der Waals surface area contributed by atoms with E-state index in [-0.39, 0.29) is 0 Å². The van der Waals surface area contributed by atoms with Gasteiger partial charge < -0.3 is 20.4 Å². The van der Waals surface area contributed by atoms with Gasteiger partial charge in [-0.05, 0) is 24.3 Å². The second kappa shape index (κ2) is 6.78. The summed E-state index contributed by atoms with van der Waals surface area (Å²) in [6, 6.07) is 8.29. The molecule has 4 N–H and O–H groups in total. The van der Waals surface area contributed by atoms with Crippen molar-refractivity contribution in [2.24, 2.45) is 0 Å². The molecule has 1 aromatic carbocycles. The molecule has 0 amide bonds. The zero-order valence-electron chi connectivity index (χ0n) is 15.1. The van der Waals surface area contributed by atoms with Gasteiger partial charge in [-0.2, -0.15) is 0 Å². The maximum absolute atomic E-state index is 5.77. The highest BCUT2D eigenvalue weighted by Crippen LogP contribution is 2.25. The van der Waals surface area contributed by atoms with Crippen molar-refractivity contribution in [3.8, 4) is 11.4 Å². The molecule has 0 spiro atoms. The van der Waals surface area contributed by atoms with E-state index in [1.54, 1.807) is 12.4 Å². The highest BCUT2D eigenvalue weighted by molar-refractivity contribution is 5.73. The first-order valence-electron chi connectivity index (χ1n) is 9.01. The Labute approximate surface area is 161 Å². The Kier molecular flexibility index (Phi) is 3.99. The Morgan fingerprint density at radius 3 is 2.75 bits per heavy atom. The van der Waals surface area contributed by atoms with E-state index in [0.717, 1.165) is 31.1 Å². The van der Waals surface area contributed by atoms with Gasteiger partial charge in [0.1, 0.15) is 17.2 Å². The SMILES string of the molecule is Nc1cncc(-c2cn3ccnc3c(Nc3ccc(N4CCNC4)cc3)n2)n1. The van der Waals surface area contributed by atoms with E-state index in [0.29, 0.717) is 23.0 Å². The molecule has 0 unspecified atom stereocenters. The van der Waals surface area contributed by atoms with E-state index in [9.17, 15) is 0 Å². The number of nitrogen functional groups attached to an aromatic ring is 1. The topological polar surface area (TPSA) is 109 Å². The summed E-state index contributed by atoms with van der Waals surface area (Å²) in [6.45, 7) is 2.92. The zero-order chi connectivity index (χ0) is 18.9. The van der Waals surface area contributed by atoms with Gasteiger partial charge in [0.15, 0.2) is 11.5 Å². The van der Waals surface area contributed by atoms with Gasteiger partial charge in [0.2, 0.25) is 0 Å². The number of nitrogens with two attached hydrogens (primary N) is 1. The average molecular weight is 373 g/mol. The van der Waals surface area contributed by atoms with E-state index in [1.807, 2.05) is 28.9 Å². The second-order valence-electron chi connectivity index (χ2n) is 6.56. The molecular formula is C19H19N9. The number of aromatic nitrogens is 5. The van der Waals surface area contributed by atoms with Crippen LogP contribution in [0.25, 0.3) is 17.0 Å². The maximum atomic E-state index is 5.77. The average Bonchev–Trinajstić information content (AvgIpc) is 3.40. The van der Waals surface area contributed by atoms with Crippen molar-refractivity contribution in [3.63, 3.8) is 0 Å². The molecule has 0 radical (unpaired) electrons. The highest BCUT2D eigenvalue weighted by Gasteiger charge is 2.13. The fourth-order valence-electron chi connectivity index (χ4n) is 3.26. The van der Waals surface area contributed by atoms with Crippen molar-refractivity contribution in [2.75, 3.05) is 35.7 Å². The Morgan fingerprint density at radius 2 is 1.96 bits per heavy atom. The molecule has 0 saturated carbocycles. The van der Waals surface area contributed by atoms with Crippen LogP contribution < -0.4 is 21.3 Å². The molecule has 9 heteroatoms. The van der Waals surface area contributed by atoms with Gasteiger partial charge in [-0.3, -0.25) is 10.3 Å². The first kappa shape index (κ1) is 16.5. The van der Waals surface area contributed by atoms with Crippen LogP contribution in [0.2, 0.25) is 0 Å². The van der Waals surface area contributed by atoms with Crippen LogP contribution >= 0.6 is 0 Å². The lowest BCUT2D eigenvalue weighted by atomic mass is 10.2. The van der Waals surface area contributed by atoms with Crippen LogP contribution in [0.5, 0.6) is 0 Å². The van der Waals surface area contributed by atoms with E-state index in [2.05, 4.69) is 42.6 Å². The number of hydrogen-bond acceptors (Lipinski definition) is 8. The summed E-state index contributed by atoms with van der Waals surface area (Å²) in [5.74, 6) is 0.994. The van der Waals surface area contributed by atoms with Crippen LogP contribution in [-0.4, -0.2) is 44.1 Å². The molecule has 4 aromatic rings. The lowest BCUT2D eigenvalue weighted by Gasteiger charge is -2.17. The number of imidazole rings is 1. The molecule has 5 rings (SSSR count). The van der Waals surface area contributed by atoms with Crippen molar-refractivity contribution >= 4 is 28.7 Å². The molecular weight excluding hydrogens is 354 g/mol. The number of anilines is 4. The van der Waals surface area contributed by atoms with E-state index < -0.39 is 0 Å². The quantitative estimate of drug-likeness (QED) is 0.497. The van der Waals surface area contributed by atoms with Crippen molar-refractivity contribution in [1.82, 2.24) is 29.7 Å². The van der Waals surface area contributed by atoms with E-state index in [4.69, 9.17) is 10.7 Å². The van der Waals surface area contributed by atoms with Crippen molar-refractivity contribution in [1.29, 1.82) is 0 Å². The van der Waals surface area contributed by atoms with Crippen LogP contribution in [0.15, 0.2) is 55.2 Å². The van der Waals surface area contributed by atoms with Gasteiger partial charge >= 0.3 is 0 Å². The normalized spacial score (nSPS) is 13.9. The summed E-state index contributed by atoms with van der Waals surface area (Å²) in [5.41, 5.74) is 9.90. The van der Waals surface area contributed by atoms with Gasteiger partial charge in [-0.15, -0.1) is 0 Å². The minimum Gasteiger partial charge on any atom is -0.382 e. The Balaban J connectivity index is 1.49. The minimum atomic E-state index is 0.353. The molecule has 3 aromatic heterocycles. The number of fused-ring (bicyclic) bond motifs is 1. The van der Waals surface area contributed by atoms with Gasteiger partial charge in [0.25, 0.3) is 0 Å². The molecule has 140 valence electrons. The van der Waals surface area contributed by atoms with Crippen LogP contribution in [0.1, 0.15) is 0 Å². The smallest absolute Gasteiger partial charge is 0.180 e. The lowest BCUT2D eigenvalue weighted by Crippen LogP contribution is -2.20. The standard InChI is InChI=1S/C19H19N9/c20-17-10-22-9-15(25-17)16-11-27-8-6-23-19(27)18(26-16)24-13-1-3-14(4-2-13)28-7-5-21-12-28/h1-4,6,8-11,21H,5,7,12H2,(H2,20,25)(H,24,26). The summed E-state index contributed by atoms with van der Waals surface area (Å²) >= 11 is 0. The van der Waals surface area contributed by atoms with Gasteiger partial charge in [-0.25, -0.2) is 15.0 Å². The molecule has 9 nitrogen and oxygen atoms in total. The van der Waals surface area contributed by atoms with Gasteiger partial charge in [0.05, 0.1) is 19.1 Å². The third-order valence-corrected chi connectivity index (χ3v) is 4.65. The van der Waals surface area contributed by atoms with E-state index in [1.165, 1.54) is 11.9 Å². The fraction of sp³-hybridized carbons (Fsp3) is 0.158. The van der Waals surface area contributed by atoms with Crippen LogP contribution in [0.4, 0.5) is 23.0 Å². The minimum absolute atomic E-state index is 0.353. The van der Waals surface area contributed by atoms with Crippen LogP contribution in [0.3, 0.4) is 0 Å². The van der Waals surface area contributed by atoms with Crippen LogP contribution in [0, 0.1) is 0 Å². The first-order valence-corrected chi connectivity index (χ1v) is 9.01. The van der Waals surface area contributed by atoms with Gasteiger partial charge in [0, 0.05) is 43.1 Å². The largest absolute Gasteiger partial charge is 0.382 e. The second-order valence-corrected chi connectivity index (χ2v) is 6.56. The van der Waals surface area contributed by atoms with Crippen LogP contribution in [-0.2, 0) is 0 Å². The summed E-state index contributed by atoms with van der Waals surface area (Å²) in [6.07, 6.45) is 8.62. The van der Waals surface area contributed by atoms with Crippen molar-refractivity contribution < 1.29 is 0 Å². The summed E-state index contributed by atoms with van der Waals surface area (Å²) in [7, 11) is 0. The zero-order valence-corrected chi connectivity index (χ0v) is 15.1. The number of rotatable bonds is 4. The fourth-order valence-corrected chi connectivity index (χ4v) is 3.26. The third kappa shape index (κ3) is 3.08. The lowest BCUT2D eigenvalue weighted by molar-refractivity contribution is 0.855. The Morgan fingerprint density at radius 1 is 1.07 bits per heavy atom. The molecule has 1 saturated heterocycles. The molecule has 1 aliphatic rings. The van der Waals surface area contributed by atoms with Crippen molar-refractivity contribution in [3.05, 3.63) is 55.2 Å². The molecule has 0 aliphatic carbocycles. The molecule has 4 heterocycles. The Hall–Kier alpha value is -3.72. The summed E-state index contributed by atoms with van der Waals surface area (Å²) < 4.78 is 1.90. The predicted octanol–water partition coefficient (Wildman–Crippen LogP) is 1.88. The Bertz CT molecular complexity index is 1110. The molecule has 0 atom stereocenters. The number of hydrogen-bond donors (Lipinski definition) is 3.